The number of halogens is 3. The number of benzene rings is 2. The molecule has 1 aromatic heterocycles. The van der Waals surface area contributed by atoms with Gasteiger partial charge in [0.05, 0.1) is 11.1 Å². The van der Waals surface area contributed by atoms with Gasteiger partial charge in [0, 0.05) is 7.05 Å². The van der Waals surface area contributed by atoms with Crippen molar-refractivity contribution in [1.82, 2.24) is 9.78 Å². The average Bonchev–Trinajstić information content (AvgIpc) is 2.67. The maximum atomic E-state index is 12.7. The molecule has 0 amide bonds. The van der Waals surface area contributed by atoms with Crippen LogP contribution in [-0.2, 0) is 19.6 Å². The Hall–Kier alpha value is -3.29. The SMILES string of the molecule is CCc1cc(Oc2ccc(C(F)(F)F)cc2)ccc1-c1c(O)c(C)nn(C)c1=O. The molecule has 0 radical (unpaired) electrons. The Labute approximate surface area is 165 Å². The Kier molecular flexibility index (Phi) is 5.37. The smallest absolute Gasteiger partial charge is 0.416 e. The molecule has 0 saturated heterocycles. The van der Waals surface area contributed by atoms with E-state index in [9.17, 15) is 23.1 Å². The van der Waals surface area contributed by atoms with Crippen LogP contribution in [-0.4, -0.2) is 14.9 Å². The van der Waals surface area contributed by atoms with Crippen molar-refractivity contribution in [2.45, 2.75) is 26.4 Å². The van der Waals surface area contributed by atoms with Crippen molar-refractivity contribution in [1.29, 1.82) is 0 Å². The second kappa shape index (κ2) is 7.62. The lowest BCUT2D eigenvalue weighted by atomic mass is 9.97. The zero-order chi connectivity index (χ0) is 21.3. The number of ether oxygens (including phenoxy) is 1. The van der Waals surface area contributed by atoms with Crippen LogP contribution in [0.4, 0.5) is 13.2 Å². The lowest BCUT2D eigenvalue weighted by molar-refractivity contribution is -0.137. The molecular formula is C21H19F3N2O3. The van der Waals surface area contributed by atoms with Crippen molar-refractivity contribution in [3.05, 3.63) is 69.6 Å². The topological polar surface area (TPSA) is 64.3 Å². The van der Waals surface area contributed by atoms with Gasteiger partial charge in [0.15, 0.2) is 5.75 Å². The first kappa shape index (κ1) is 20.4. The Morgan fingerprint density at radius 1 is 1.10 bits per heavy atom. The maximum Gasteiger partial charge on any atom is 0.416 e. The predicted octanol–water partition coefficient (Wildman–Crippen LogP) is 4.83. The minimum Gasteiger partial charge on any atom is -0.505 e. The van der Waals surface area contributed by atoms with Gasteiger partial charge in [-0.2, -0.15) is 18.3 Å². The number of aromatic nitrogens is 2. The number of aromatic hydroxyl groups is 1. The fourth-order valence-electron chi connectivity index (χ4n) is 3.02. The van der Waals surface area contributed by atoms with Crippen LogP contribution in [0, 0.1) is 6.92 Å². The van der Waals surface area contributed by atoms with Gasteiger partial charge in [0.2, 0.25) is 0 Å². The molecule has 0 saturated carbocycles. The van der Waals surface area contributed by atoms with E-state index in [0.29, 0.717) is 23.4 Å². The summed E-state index contributed by atoms with van der Waals surface area (Å²) in [7, 11) is 1.51. The van der Waals surface area contributed by atoms with E-state index in [-0.39, 0.29) is 17.1 Å². The number of hydrogen-bond donors (Lipinski definition) is 1. The molecule has 0 aliphatic rings. The molecule has 0 bridgehead atoms. The predicted molar refractivity (Wildman–Crippen MR) is 102 cm³/mol. The van der Waals surface area contributed by atoms with Crippen LogP contribution in [0.2, 0.25) is 0 Å². The quantitative estimate of drug-likeness (QED) is 0.676. The summed E-state index contributed by atoms with van der Waals surface area (Å²) >= 11 is 0. The van der Waals surface area contributed by atoms with E-state index < -0.39 is 17.3 Å². The molecule has 0 aliphatic heterocycles. The van der Waals surface area contributed by atoms with Gasteiger partial charge in [-0.25, -0.2) is 4.68 Å². The van der Waals surface area contributed by atoms with E-state index >= 15 is 0 Å². The van der Waals surface area contributed by atoms with Gasteiger partial charge in [0.25, 0.3) is 5.56 Å². The normalized spacial score (nSPS) is 11.5. The van der Waals surface area contributed by atoms with Crippen molar-refractivity contribution in [2.75, 3.05) is 0 Å². The molecule has 0 atom stereocenters. The fraction of sp³-hybridized carbons (Fsp3) is 0.238. The number of rotatable bonds is 4. The van der Waals surface area contributed by atoms with E-state index in [4.69, 9.17) is 4.74 Å². The molecule has 5 nitrogen and oxygen atoms in total. The molecule has 3 aromatic rings. The standard InChI is InChI=1S/C21H19F3N2O3/c1-4-13-11-16(29-15-7-5-14(6-8-15)21(22,23)24)9-10-17(13)18-19(27)12(2)25-26(3)20(18)28/h5-11,27H,4H2,1-3H3. The molecule has 0 aliphatic carbocycles. The molecule has 8 heteroatoms. The largest absolute Gasteiger partial charge is 0.505 e. The van der Waals surface area contributed by atoms with E-state index in [0.717, 1.165) is 22.4 Å². The number of nitrogens with zero attached hydrogens (tertiary/aromatic N) is 2. The Morgan fingerprint density at radius 3 is 2.31 bits per heavy atom. The molecule has 0 spiro atoms. The first-order valence-corrected chi connectivity index (χ1v) is 8.87. The van der Waals surface area contributed by atoms with Crippen molar-refractivity contribution in [3.63, 3.8) is 0 Å². The van der Waals surface area contributed by atoms with Gasteiger partial charge >= 0.3 is 6.18 Å². The summed E-state index contributed by atoms with van der Waals surface area (Å²) in [4.78, 5) is 12.5. The molecule has 0 fully saturated rings. The molecule has 1 heterocycles. The Morgan fingerprint density at radius 2 is 1.72 bits per heavy atom. The highest BCUT2D eigenvalue weighted by Crippen LogP contribution is 2.35. The lowest BCUT2D eigenvalue weighted by Crippen LogP contribution is -2.22. The van der Waals surface area contributed by atoms with Crippen molar-refractivity contribution in [3.8, 4) is 28.4 Å². The fourth-order valence-corrected chi connectivity index (χ4v) is 3.02. The monoisotopic (exact) mass is 404 g/mol. The minimum absolute atomic E-state index is 0.151. The molecule has 2 aromatic carbocycles. The van der Waals surface area contributed by atoms with Crippen molar-refractivity contribution >= 4 is 0 Å². The van der Waals surface area contributed by atoms with Crippen LogP contribution in [0.5, 0.6) is 17.2 Å². The van der Waals surface area contributed by atoms with E-state index in [1.807, 2.05) is 6.92 Å². The number of hydrogen-bond acceptors (Lipinski definition) is 4. The highest BCUT2D eigenvalue weighted by molar-refractivity contribution is 5.73. The Balaban J connectivity index is 1.98. The zero-order valence-corrected chi connectivity index (χ0v) is 16.0. The Bertz CT molecular complexity index is 1100. The highest BCUT2D eigenvalue weighted by Gasteiger charge is 2.30. The summed E-state index contributed by atoms with van der Waals surface area (Å²) in [5.74, 6) is 0.484. The van der Waals surface area contributed by atoms with E-state index in [1.54, 1.807) is 25.1 Å². The van der Waals surface area contributed by atoms with Crippen LogP contribution in [0.15, 0.2) is 47.3 Å². The first-order chi connectivity index (χ1) is 13.6. The summed E-state index contributed by atoms with van der Waals surface area (Å²) in [5, 5.41) is 14.3. The van der Waals surface area contributed by atoms with Crippen molar-refractivity contribution in [2.24, 2.45) is 7.05 Å². The lowest BCUT2D eigenvalue weighted by Gasteiger charge is -2.14. The molecule has 29 heavy (non-hydrogen) atoms. The summed E-state index contributed by atoms with van der Waals surface area (Å²) in [5.41, 5.74) is 0.587. The maximum absolute atomic E-state index is 12.7. The van der Waals surface area contributed by atoms with Gasteiger partial charge in [-0.05, 0) is 60.9 Å². The van der Waals surface area contributed by atoms with E-state index in [2.05, 4.69) is 5.10 Å². The van der Waals surface area contributed by atoms with Crippen LogP contribution in [0.1, 0.15) is 23.7 Å². The van der Waals surface area contributed by atoms with Gasteiger partial charge < -0.3 is 9.84 Å². The second-order valence-electron chi connectivity index (χ2n) is 6.53. The summed E-state index contributed by atoms with van der Waals surface area (Å²) < 4.78 is 44.9. The van der Waals surface area contributed by atoms with Gasteiger partial charge in [-0.1, -0.05) is 13.0 Å². The van der Waals surface area contributed by atoms with Gasteiger partial charge in [-0.3, -0.25) is 4.79 Å². The molecule has 1 N–H and O–H groups in total. The van der Waals surface area contributed by atoms with Crippen LogP contribution in [0.3, 0.4) is 0 Å². The van der Waals surface area contributed by atoms with Gasteiger partial charge in [0.1, 0.15) is 17.2 Å². The van der Waals surface area contributed by atoms with Crippen molar-refractivity contribution < 1.29 is 23.0 Å². The summed E-state index contributed by atoms with van der Waals surface area (Å²) in [6.07, 6.45) is -3.87. The van der Waals surface area contributed by atoms with E-state index in [1.165, 1.54) is 19.2 Å². The number of aryl methyl sites for hydroxylation is 3. The highest BCUT2D eigenvalue weighted by atomic mass is 19.4. The summed E-state index contributed by atoms with van der Waals surface area (Å²) in [6, 6.07) is 9.33. The van der Waals surface area contributed by atoms with Gasteiger partial charge in [-0.15, -0.1) is 0 Å². The second-order valence-corrected chi connectivity index (χ2v) is 6.53. The minimum atomic E-state index is -4.41. The van der Waals surface area contributed by atoms with Crippen LogP contribution in [0.25, 0.3) is 11.1 Å². The third-order valence-electron chi connectivity index (χ3n) is 4.53. The van der Waals surface area contributed by atoms with Crippen LogP contribution >= 0.6 is 0 Å². The van der Waals surface area contributed by atoms with Crippen LogP contribution < -0.4 is 10.3 Å². The number of alkyl halides is 3. The average molecular weight is 404 g/mol. The molecule has 152 valence electrons. The molecule has 0 unspecified atom stereocenters. The third-order valence-corrected chi connectivity index (χ3v) is 4.53. The summed E-state index contributed by atoms with van der Waals surface area (Å²) in [6.45, 7) is 3.49. The third kappa shape index (κ3) is 4.11. The first-order valence-electron chi connectivity index (χ1n) is 8.87. The zero-order valence-electron chi connectivity index (χ0n) is 16.0. The molecule has 3 rings (SSSR count). The molecular weight excluding hydrogens is 385 g/mol.